The smallest absolute Gasteiger partial charge is 0.234 e. The first-order valence-corrected chi connectivity index (χ1v) is 8.32. The molecule has 23 heavy (non-hydrogen) atoms. The molecule has 0 bridgehead atoms. The Morgan fingerprint density at radius 2 is 1.87 bits per heavy atom. The van der Waals surface area contributed by atoms with Crippen LogP contribution in [0.2, 0.25) is 0 Å². The highest BCUT2D eigenvalue weighted by atomic mass is 32.2. The Bertz CT molecular complexity index is 707. The van der Waals surface area contributed by atoms with Crippen LogP contribution < -0.4 is 5.32 Å². The number of rotatable bonds is 6. The topological polar surface area (TPSA) is 76.9 Å². The third kappa shape index (κ3) is 4.41. The molecule has 7 heteroatoms. The number of nitrogens with zero attached hydrogens (tertiary/aromatic N) is 3. The number of hydrogen-bond acceptors (Lipinski definition) is 5. The quantitative estimate of drug-likeness (QED) is 0.650. The number of anilines is 1. The molecule has 0 radical (unpaired) electrons. The summed E-state index contributed by atoms with van der Waals surface area (Å²) in [5.74, 6) is 0.963. The molecule has 0 spiro atoms. The van der Waals surface area contributed by atoms with Crippen LogP contribution in [0.5, 0.6) is 0 Å². The van der Waals surface area contributed by atoms with Crippen LogP contribution in [0, 0.1) is 6.92 Å². The molecular formula is C16H20N4O2S. The van der Waals surface area contributed by atoms with Crippen LogP contribution in [0.1, 0.15) is 43.0 Å². The molecule has 2 rings (SSSR count). The van der Waals surface area contributed by atoms with Crippen molar-refractivity contribution in [2.24, 2.45) is 0 Å². The third-order valence-corrected chi connectivity index (χ3v) is 4.20. The van der Waals surface area contributed by atoms with Crippen LogP contribution in [0.4, 0.5) is 5.69 Å². The number of carbonyl (C=O) groups is 2. The summed E-state index contributed by atoms with van der Waals surface area (Å²) >= 11 is 1.35. The second-order valence-corrected chi connectivity index (χ2v) is 6.41. The zero-order chi connectivity index (χ0) is 17.0. The minimum Gasteiger partial charge on any atom is -0.325 e. The van der Waals surface area contributed by atoms with Crippen LogP contribution in [0.25, 0.3) is 0 Å². The first-order chi connectivity index (χ1) is 10.9. The highest BCUT2D eigenvalue weighted by molar-refractivity contribution is 7.99. The van der Waals surface area contributed by atoms with Crippen molar-refractivity contribution in [1.82, 2.24) is 14.8 Å². The zero-order valence-electron chi connectivity index (χ0n) is 13.7. The Hall–Kier alpha value is -2.15. The van der Waals surface area contributed by atoms with Crippen LogP contribution in [0.15, 0.2) is 29.4 Å². The van der Waals surface area contributed by atoms with Crippen molar-refractivity contribution in [3.05, 3.63) is 35.7 Å². The summed E-state index contributed by atoms with van der Waals surface area (Å²) < 4.78 is 2.00. The Kier molecular flexibility index (Phi) is 5.54. The van der Waals surface area contributed by atoms with Gasteiger partial charge in [0.05, 0.1) is 5.75 Å². The van der Waals surface area contributed by atoms with Gasteiger partial charge >= 0.3 is 0 Å². The summed E-state index contributed by atoms with van der Waals surface area (Å²) in [4.78, 5) is 23.3. The standard InChI is InChI=1S/C16H20N4O2S/c1-10(2)20-12(4)18-19-16(20)23-9-15(22)17-14-7-5-13(6-8-14)11(3)21/h5-8,10H,9H2,1-4H3,(H,17,22). The highest BCUT2D eigenvalue weighted by Crippen LogP contribution is 2.21. The minimum atomic E-state index is -0.124. The van der Waals surface area contributed by atoms with Gasteiger partial charge in [-0.3, -0.25) is 9.59 Å². The van der Waals surface area contributed by atoms with E-state index < -0.39 is 0 Å². The van der Waals surface area contributed by atoms with E-state index in [1.165, 1.54) is 18.7 Å². The first-order valence-electron chi connectivity index (χ1n) is 7.33. The summed E-state index contributed by atoms with van der Waals surface area (Å²) in [5.41, 5.74) is 1.29. The average molecular weight is 332 g/mol. The van der Waals surface area contributed by atoms with Crippen LogP contribution >= 0.6 is 11.8 Å². The molecule has 1 amide bonds. The van der Waals surface area contributed by atoms with E-state index in [4.69, 9.17) is 0 Å². The van der Waals surface area contributed by atoms with Gasteiger partial charge in [-0.1, -0.05) is 11.8 Å². The molecule has 0 fully saturated rings. The monoisotopic (exact) mass is 332 g/mol. The van der Waals surface area contributed by atoms with Gasteiger partial charge < -0.3 is 9.88 Å². The lowest BCUT2D eigenvalue weighted by Crippen LogP contribution is -2.15. The van der Waals surface area contributed by atoms with Gasteiger partial charge in [0.2, 0.25) is 5.91 Å². The third-order valence-electron chi connectivity index (χ3n) is 3.26. The molecule has 1 N–H and O–H groups in total. The number of Topliss-reactive ketones (excluding diaryl/α,β-unsaturated/α-hetero) is 1. The van der Waals surface area contributed by atoms with E-state index in [2.05, 4.69) is 29.4 Å². The number of nitrogens with one attached hydrogen (secondary N) is 1. The molecule has 0 aliphatic rings. The Labute approximate surface area is 139 Å². The molecule has 0 saturated carbocycles. The van der Waals surface area contributed by atoms with E-state index in [0.29, 0.717) is 11.3 Å². The Morgan fingerprint density at radius 3 is 2.43 bits per heavy atom. The van der Waals surface area contributed by atoms with Crippen molar-refractivity contribution in [3.63, 3.8) is 0 Å². The number of carbonyl (C=O) groups excluding carboxylic acids is 2. The van der Waals surface area contributed by atoms with Crippen molar-refractivity contribution < 1.29 is 9.59 Å². The summed E-state index contributed by atoms with van der Waals surface area (Å²) in [6.45, 7) is 7.51. The Balaban J connectivity index is 1.94. The average Bonchev–Trinajstić information content (AvgIpc) is 2.86. The maximum atomic E-state index is 12.0. The molecule has 0 saturated heterocycles. The number of hydrogen-bond donors (Lipinski definition) is 1. The lowest BCUT2D eigenvalue weighted by atomic mass is 10.1. The van der Waals surface area contributed by atoms with Gasteiger partial charge in [-0.2, -0.15) is 0 Å². The molecule has 122 valence electrons. The summed E-state index contributed by atoms with van der Waals surface area (Å²) in [6, 6.07) is 7.09. The van der Waals surface area contributed by atoms with Gasteiger partial charge in [0.25, 0.3) is 0 Å². The largest absolute Gasteiger partial charge is 0.325 e. The number of thioether (sulfide) groups is 1. The zero-order valence-corrected chi connectivity index (χ0v) is 14.5. The van der Waals surface area contributed by atoms with Crippen molar-refractivity contribution in [3.8, 4) is 0 Å². The number of benzene rings is 1. The van der Waals surface area contributed by atoms with Crippen LogP contribution in [-0.2, 0) is 4.79 Å². The van der Waals surface area contributed by atoms with Crippen molar-refractivity contribution in [1.29, 1.82) is 0 Å². The predicted octanol–water partition coefficient (Wildman–Crippen LogP) is 3.10. The Morgan fingerprint density at radius 1 is 1.22 bits per heavy atom. The fraction of sp³-hybridized carbons (Fsp3) is 0.375. The fourth-order valence-corrected chi connectivity index (χ4v) is 3.07. The van der Waals surface area contributed by atoms with E-state index in [0.717, 1.165) is 11.0 Å². The van der Waals surface area contributed by atoms with Crippen molar-refractivity contribution >= 4 is 29.1 Å². The molecule has 6 nitrogen and oxygen atoms in total. The lowest BCUT2D eigenvalue weighted by molar-refractivity contribution is -0.113. The van der Waals surface area contributed by atoms with E-state index in [9.17, 15) is 9.59 Å². The number of aryl methyl sites for hydroxylation is 1. The number of ketones is 1. The van der Waals surface area contributed by atoms with E-state index in [1.54, 1.807) is 24.3 Å². The SMILES string of the molecule is CC(=O)c1ccc(NC(=O)CSc2nnc(C)n2C(C)C)cc1. The molecular weight excluding hydrogens is 312 g/mol. The number of amides is 1. The lowest BCUT2D eigenvalue weighted by Gasteiger charge is -2.11. The molecule has 1 aromatic carbocycles. The van der Waals surface area contributed by atoms with Gasteiger partial charge in [0.15, 0.2) is 10.9 Å². The first kappa shape index (κ1) is 17.2. The summed E-state index contributed by atoms with van der Waals surface area (Å²) in [7, 11) is 0. The second kappa shape index (κ2) is 7.41. The van der Waals surface area contributed by atoms with E-state index in [-0.39, 0.29) is 23.5 Å². The maximum absolute atomic E-state index is 12.0. The fourth-order valence-electron chi connectivity index (χ4n) is 2.16. The second-order valence-electron chi connectivity index (χ2n) is 5.46. The van der Waals surface area contributed by atoms with Crippen molar-refractivity contribution in [2.75, 3.05) is 11.1 Å². The van der Waals surface area contributed by atoms with Gasteiger partial charge in [-0.15, -0.1) is 10.2 Å². The summed E-state index contributed by atoms with van der Waals surface area (Å²) in [6.07, 6.45) is 0. The summed E-state index contributed by atoms with van der Waals surface area (Å²) in [5, 5.41) is 11.7. The molecule has 1 aromatic heterocycles. The molecule has 1 heterocycles. The van der Waals surface area contributed by atoms with E-state index >= 15 is 0 Å². The normalized spacial score (nSPS) is 10.8. The molecule has 2 aromatic rings. The van der Waals surface area contributed by atoms with Crippen molar-refractivity contribution in [2.45, 2.75) is 38.9 Å². The molecule has 0 aliphatic heterocycles. The molecule has 0 aliphatic carbocycles. The van der Waals surface area contributed by atoms with Gasteiger partial charge in [0.1, 0.15) is 5.82 Å². The van der Waals surface area contributed by atoms with Crippen LogP contribution in [-0.4, -0.2) is 32.2 Å². The van der Waals surface area contributed by atoms with Crippen LogP contribution in [0.3, 0.4) is 0 Å². The van der Waals surface area contributed by atoms with E-state index in [1.807, 2.05) is 11.5 Å². The minimum absolute atomic E-state index is 0.00169. The predicted molar refractivity (Wildman–Crippen MR) is 90.9 cm³/mol. The number of aromatic nitrogens is 3. The maximum Gasteiger partial charge on any atom is 0.234 e. The molecule has 0 unspecified atom stereocenters. The highest BCUT2D eigenvalue weighted by Gasteiger charge is 2.14. The van der Waals surface area contributed by atoms with Gasteiger partial charge in [-0.05, 0) is 52.0 Å². The molecule has 0 atom stereocenters. The van der Waals surface area contributed by atoms with Gasteiger partial charge in [-0.25, -0.2) is 0 Å². The van der Waals surface area contributed by atoms with Gasteiger partial charge in [0, 0.05) is 17.3 Å².